The number of sulfonamides is 1. The highest BCUT2D eigenvalue weighted by atomic mass is 35.5. The third-order valence-corrected chi connectivity index (χ3v) is 6.22. The van der Waals surface area contributed by atoms with E-state index in [9.17, 15) is 8.42 Å². The molecule has 0 N–H and O–H groups in total. The van der Waals surface area contributed by atoms with Crippen molar-refractivity contribution in [2.45, 2.75) is 37.6 Å². The quantitative estimate of drug-likeness (QED) is 0.842. The smallest absolute Gasteiger partial charge is 0.243 e. The van der Waals surface area contributed by atoms with Gasteiger partial charge in [0.1, 0.15) is 0 Å². The number of halogens is 1. The molecule has 2 rings (SSSR count). The Morgan fingerprint density at radius 2 is 2.00 bits per heavy atom. The van der Waals surface area contributed by atoms with Crippen molar-refractivity contribution in [2.75, 3.05) is 19.8 Å². The maximum absolute atomic E-state index is 12.8. The molecule has 1 heterocycles. The van der Waals surface area contributed by atoms with Gasteiger partial charge in [0.2, 0.25) is 10.0 Å². The van der Waals surface area contributed by atoms with Gasteiger partial charge in [-0.1, -0.05) is 11.6 Å². The zero-order valence-corrected chi connectivity index (χ0v) is 13.6. The molecule has 0 bridgehead atoms. The first-order valence-corrected chi connectivity index (χ1v) is 8.44. The van der Waals surface area contributed by atoms with Gasteiger partial charge in [0.25, 0.3) is 0 Å². The van der Waals surface area contributed by atoms with Gasteiger partial charge in [0.05, 0.1) is 11.5 Å². The predicted molar refractivity (Wildman–Crippen MR) is 79.6 cm³/mol. The number of ether oxygens (including phenoxy) is 1. The van der Waals surface area contributed by atoms with Crippen molar-refractivity contribution in [3.05, 3.63) is 28.8 Å². The Morgan fingerprint density at radius 1 is 1.30 bits per heavy atom. The van der Waals surface area contributed by atoms with Gasteiger partial charge in [-0.2, -0.15) is 4.31 Å². The van der Waals surface area contributed by atoms with Crippen molar-refractivity contribution in [2.24, 2.45) is 0 Å². The maximum atomic E-state index is 12.8. The fourth-order valence-electron chi connectivity index (χ4n) is 2.35. The van der Waals surface area contributed by atoms with Gasteiger partial charge in [-0.05, 0) is 51.0 Å². The average Bonchev–Trinajstić information content (AvgIpc) is 2.53. The number of benzene rings is 1. The van der Waals surface area contributed by atoms with Crippen LogP contribution >= 0.6 is 11.6 Å². The van der Waals surface area contributed by atoms with Crippen molar-refractivity contribution >= 4 is 21.6 Å². The minimum absolute atomic E-state index is 0.286. The molecular weight excluding hydrogens is 298 g/mol. The summed E-state index contributed by atoms with van der Waals surface area (Å²) in [5.41, 5.74) is 0.305. The van der Waals surface area contributed by atoms with Crippen LogP contribution in [0.3, 0.4) is 0 Å². The van der Waals surface area contributed by atoms with Crippen LogP contribution in [0, 0.1) is 6.92 Å². The Labute approximate surface area is 125 Å². The fraction of sp³-hybridized carbons (Fsp3) is 0.571. The summed E-state index contributed by atoms with van der Waals surface area (Å²) in [5, 5.41) is 0.572. The standard InChI is InChI=1S/C14H20ClNO3S/c1-11-10-12(4-5-13(11)15)20(17,18)16-7-9-19-8-6-14(16,2)3/h4-5,10H,6-9H2,1-3H3. The molecule has 1 aromatic carbocycles. The van der Waals surface area contributed by atoms with Crippen molar-refractivity contribution < 1.29 is 13.2 Å². The van der Waals surface area contributed by atoms with E-state index in [-0.39, 0.29) is 4.90 Å². The van der Waals surface area contributed by atoms with Gasteiger partial charge in [-0.3, -0.25) is 0 Å². The predicted octanol–water partition coefficient (Wildman–Crippen LogP) is 2.84. The van der Waals surface area contributed by atoms with E-state index in [1.54, 1.807) is 25.1 Å². The lowest BCUT2D eigenvalue weighted by molar-refractivity contribution is 0.146. The summed E-state index contributed by atoms with van der Waals surface area (Å²) < 4.78 is 32.6. The molecule has 4 nitrogen and oxygen atoms in total. The molecule has 1 aliphatic heterocycles. The number of nitrogens with zero attached hydrogens (tertiary/aromatic N) is 1. The van der Waals surface area contributed by atoms with Crippen LogP contribution in [0.25, 0.3) is 0 Å². The van der Waals surface area contributed by atoms with E-state index in [1.807, 2.05) is 13.8 Å². The number of aryl methyl sites for hydroxylation is 1. The third kappa shape index (κ3) is 3.01. The van der Waals surface area contributed by atoms with Crippen molar-refractivity contribution in [3.8, 4) is 0 Å². The molecule has 0 amide bonds. The summed E-state index contributed by atoms with van der Waals surface area (Å²) in [6.45, 7) is 7.05. The highest BCUT2D eigenvalue weighted by molar-refractivity contribution is 7.89. The fourth-order valence-corrected chi connectivity index (χ4v) is 4.34. The summed E-state index contributed by atoms with van der Waals surface area (Å²) in [5.74, 6) is 0. The summed E-state index contributed by atoms with van der Waals surface area (Å²) >= 11 is 5.97. The molecule has 1 aromatic rings. The monoisotopic (exact) mass is 317 g/mol. The van der Waals surface area contributed by atoms with Gasteiger partial charge >= 0.3 is 0 Å². The molecule has 6 heteroatoms. The molecule has 0 aromatic heterocycles. The van der Waals surface area contributed by atoms with Crippen LogP contribution in [0.15, 0.2) is 23.1 Å². The molecule has 112 valence electrons. The normalized spacial score (nSPS) is 20.6. The Morgan fingerprint density at radius 3 is 2.65 bits per heavy atom. The van der Waals surface area contributed by atoms with Crippen molar-refractivity contribution in [3.63, 3.8) is 0 Å². The summed E-state index contributed by atoms with van der Waals surface area (Å²) in [7, 11) is -3.54. The molecule has 20 heavy (non-hydrogen) atoms. The van der Waals surface area contributed by atoms with Gasteiger partial charge in [0, 0.05) is 23.7 Å². The van der Waals surface area contributed by atoms with Crippen LogP contribution < -0.4 is 0 Å². The van der Waals surface area contributed by atoms with Crippen molar-refractivity contribution in [1.82, 2.24) is 4.31 Å². The van der Waals surface area contributed by atoms with Crippen LogP contribution in [0.1, 0.15) is 25.8 Å². The largest absolute Gasteiger partial charge is 0.380 e. The first-order chi connectivity index (χ1) is 9.25. The SMILES string of the molecule is Cc1cc(S(=O)(=O)N2CCOCCC2(C)C)ccc1Cl. The van der Waals surface area contributed by atoms with Gasteiger partial charge < -0.3 is 4.74 Å². The lowest BCUT2D eigenvalue weighted by atomic mass is 10.0. The molecule has 0 saturated carbocycles. The van der Waals surface area contributed by atoms with Crippen LogP contribution in [-0.2, 0) is 14.8 Å². The van der Waals surface area contributed by atoms with E-state index in [4.69, 9.17) is 16.3 Å². The first kappa shape index (κ1) is 15.8. The average molecular weight is 318 g/mol. The second-order valence-corrected chi connectivity index (χ2v) is 7.93. The first-order valence-electron chi connectivity index (χ1n) is 6.62. The molecule has 1 aliphatic rings. The molecular formula is C14H20ClNO3S. The Balaban J connectivity index is 2.44. The van der Waals surface area contributed by atoms with E-state index < -0.39 is 15.6 Å². The van der Waals surface area contributed by atoms with E-state index in [0.29, 0.717) is 31.2 Å². The third-order valence-electron chi connectivity index (χ3n) is 3.69. The molecule has 1 saturated heterocycles. The van der Waals surface area contributed by atoms with Crippen LogP contribution in [0.5, 0.6) is 0 Å². The Bertz CT molecular complexity index is 598. The summed E-state index contributed by atoms with van der Waals surface area (Å²) in [4.78, 5) is 0.286. The Hall–Kier alpha value is -0.620. The maximum Gasteiger partial charge on any atom is 0.243 e. The summed E-state index contributed by atoms with van der Waals surface area (Å²) in [6, 6.07) is 4.82. The van der Waals surface area contributed by atoms with Crippen LogP contribution in [-0.4, -0.2) is 38.0 Å². The van der Waals surface area contributed by atoms with E-state index in [2.05, 4.69) is 0 Å². The van der Waals surface area contributed by atoms with Gasteiger partial charge in [-0.25, -0.2) is 8.42 Å². The second-order valence-electron chi connectivity index (χ2n) is 5.66. The highest BCUT2D eigenvalue weighted by Crippen LogP contribution is 2.30. The number of rotatable bonds is 2. The van der Waals surface area contributed by atoms with Gasteiger partial charge in [-0.15, -0.1) is 0 Å². The zero-order valence-electron chi connectivity index (χ0n) is 12.0. The molecule has 1 fully saturated rings. The molecule has 0 atom stereocenters. The molecule has 0 unspecified atom stereocenters. The summed E-state index contributed by atoms with van der Waals surface area (Å²) in [6.07, 6.45) is 0.679. The molecule has 0 aliphatic carbocycles. The van der Waals surface area contributed by atoms with E-state index in [1.165, 1.54) is 4.31 Å². The minimum Gasteiger partial charge on any atom is -0.380 e. The van der Waals surface area contributed by atoms with Gasteiger partial charge in [0.15, 0.2) is 0 Å². The lowest BCUT2D eigenvalue weighted by Gasteiger charge is -2.35. The molecule has 0 radical (unpaired) electrons. The zero-order chi connectivity index (χ0) is 15.0. The van der Waals surface area contributed by atoms with E-state index >= 15 is 0 Å². The minimum atomic E-state index is -3.54. The van der Waals surface area contributed by atoms with Crippen LogP contribution in [0.2, 0.25) is 5.02 Å². The Kier molecular flexibility index (Phi) is 4.44. The molecule has 0 spiro atoms. The van der Waals surface area contributed by atoms with Crippen LogP contribution in [0.4, 0.5) is 0 Å². The lowest BCUT2D eigenvalue weighted by Crippen LogP contribution is -2.47. The second kappa shape index (κ2) is 5.64. The van der Waals surface area contributed by atoms with E-state index in [0.717, 1.165) is 5.56 Å². The number of hydrogen-bond acceptors (Lipinski definition) is 3. The van der Waals surface area contributed by atoms with Crippen molar-refractivity contribution in [1.29, 1.82) is 0 Å². The highest BCUT2D eigenvalue weighted by Gasteiger charge is 2.38. The number of hydrogen-bond donors (Lipinski definition) is 0. The topological polar surface area (TPSA) is 46.6 Å².